The van der Waals surface area contributed by atoms with Crippen molar-refractivity contribution in [3.05, 3.63) is 119 Å². The lowest BCUT2D eigenvalue weighted by molar-refractivity contribution is 0.0543. The summed E-state index contributed by atoms with van der Waals surface area (Å²) >= 11 is 1.57. The number of nitrogens with one attached hydrogen (secondary N) is 3. The molecule has 1 aliphatic heterocycles. The van der Waals surface area contributed by atoms with Gasteiger partial charge in [-0.05, 0) is 41.8 Å². The fourth-order valence-corrected chi connectivity index (χ4v) is 6.23. The second kappa shape index (κ2) is 7.58. The molecule has 0 radical (unpaired) electrons. The topological polar surface area (TPSA) is 125 Å². The standard InChI is InChI=1S/C24H19N7O3S/c1-6-19(25-8-1)31-24(18-5-3-15-35-18,22-28-12-14-33-22)23(16-7-9-29-30-16,17-4-2-13-32-17)20(34-31)21-26-10-11-27-21/h1-15,20,25H,(H,26,27)(H,29,30). The van der Waals surface area contributed by atoms with Gasteiger partial charge in [0, 0.05) is 29.7 Å². The Bertz CT molecular complexity index is 1290. The lowest BCUT2D eigenvalue weighted by Gasteiger charge is -2.43. The molecule has 3 N–H and O–H groups in total. The van der Waals surface area contributed by atoms with Gasteiger partial charge in [-0.15, -0.1) is 11.3 Å². The highest BCUT2D eigenvalue weighted by Crippen LogP contribution is 2.66. The molecule has 7 heterocycles. The molecule has 6 aromatic heterocycles. The van der Waals surface area contributed by atoms with Crippen LogP contribution in [0.25, 0.3) is 0 Å². The van der Waals surface area contributed by atoms with Crippen LogP contribution in [0.1, 0.15) is 34.2 Å². The summed E-state index contributed by atoms with van der Waals surface area (Å²) in [6.45, 7) is 0. The first-order chi connectivity index (χ1) is 17.4. The monoisotopic (exact) mass is 485 g/mol. The number of aromatic amines is 3. The van der Waals surface area contributed by atoms with E-state index in [2.05, 4.69) is 25.1 Å². The lowest BCUT2D eigenvalue weighted by Crippen LogP contribution is -2.56. The highest BCUT2D eigenvalue weighted by Gasteiger charge is 2.75. The Morgan fingerprint density at radius 3 is 2.57 bits per heavy atom. The van der Waals surface area contributed by atoms with Gasteiger partial charge in [-0.2, -0.15) is 5.10 Å². The lowest BCUT2D eigenvalue weighted by atomic mass is 9.61. The quantitative estimate of drug-likeness (QED) is 0.317. The molecule has 7 rings (SSSR count). The highest BCUT2D eigenvalue weighted by atomic mass is 32.1. The van der Waals surface area contributed by atoms with E-state index >= 15 is 0 Å². The third kappa shape index (κ3) is 2.53. The third-order valence-electron chi connectivity index (χ3n) is 6.50. The number of imidazole rings is 1. The maximum absolute atomic E-state index is 6.88. The minimum Gasteiger partial charge on any atom is -0.468 e. The Labute approximate surface area is 202 Å². The van der Waals surface area contributed by atoms with E-state index in [1.807, 2.05) is 59.1 Å². The smallest absolute Gasteiger partial charge is 0.229 e. The Balaban J connectivity index is 1.69. The second-order valence-electron chi connectivity index (χ2n) is 8.09. The minimum absolute atomic E-state index is 0.426. The van der Waals surface area contributed by atoms with E-state index < -0.39 is 17.1 Å². The summed E-state index contributed by atoms with van der Waals surface area (Å²) < 4.78 is 12.4. The van der Waals surface area contributed by atoms with Gasteiger partial charge in [0.25, 0.3) is 0 Å². The molecular formula is C24H19N7O3S. The van der Waals surface area contributed by atoms with Crippen LogP contribution in [0.4, 0.5) is 5.82 Å². The third-order valence-corrected chi connectivity index (χ3v) is 7.48. The molecule has 6 aromatic rings. The predicted molar refractivity (Wildman–Crippen MR) is 125 cm³/mol. The van der Waals surface area contributed by atoms with Crippen LogP contribution in [-0.4, -0.2) is 30.1 Å². The van der Waals surface area contributed by atoms with Crippen LogP contribution < -0.4 is 5.06 Å². The molecule has 35 heavy (non-hydrogen) atoms. The zero-order chi connectivity index (χ0) is 23.3. The molecule has 1 aliphatic rings. The second-order valence-corrected chi connectivity index (χ2v) is 9.04. The fourth-order valence-electron chi connectivity index (χ4n) is 5.27. The SMILES string of the molecule is c1c[nH]c(N2OC(c3ncc[nH]3)C(c3ccn[nH]3)(c3ccco3)C2(c2ncco2)c2cccs2)c1. The van der Waals surface area contributed by atoms with Crippen LogP contribution in [0.3, 0.4) is 0 Å². The summed E-state index contributed by atoms with van der Waals surface area (Å²) in [6, 6.07) is 13.6. The van der Waals surface area contributed by atoms with Crippen molar-refractivity contribution in [3.8, 4) is 0 Å². The number of hydrogen-bond donors (Lipinski definition) is 3. The molecule has 1 fully saturated rings. The van der Waals surface area contributed by atoms with E-state index in [4.69, 9.17) is 18.7 Å². The van der Waals surface area contributed by atoms with Gasteiger partial charge in [-0.3, -0.25) is 9.94 Å². The number of oxazole rings is 1. The predicted octanol–water partition coefficient (Wildman–Crippen LogP) is 4.53. The number of nitrogens with zero attached hydrogens (tertiary/aromatic N) is 4. The zero-order valence-corrected chi connectivity index (χ0v) is 19.0. The molecule has 174 valence electrons. The van der Waals surface area contributed by atoms with E-state index in [1.165, 1.54) is 0 Å². The number of anilines is 1. The van der Waals surface area contributed by atoms with Crippen molar-refractivity contribution in [1.29, 1.82) is 0 Å². The Morgan fingerprint density at radius 2 is 1.91 bits per heavy atom. The van der Waals surface area contributed by atoms with Crippen LogP contribution in [-0.2, 0) is 15.8 Å². The van der Waals surface area contributed by atoms with Crippen molar-refractivity contribution in [2.75, 3.05) is 5.06 Å². The summed E-state index contributed by atoms with van der Waals surface area (Å²) in [5.41, 5.74) is -1.53. The summed E-state index contributed by atoms with van der Waals surface area (Å²) in [5.74, 6) is 2.37. The summed E-state index contributed by atoms with van der Waals surface area (Å²) in [7, 11) is 0. The summed E-state index contributed by atoms with van der Waals surface area (Å²) in [4.78, 5) is 23.7. The van der Waals surface area contributed by atoms with Gasteiger partial charge in [-0.25, -0.2) is 15.0 Å². The van der Waals surface area contributed by atoms with Crippen LogP contribution in [0.5, 0.6) is 0 Å². The van der Waals surface area contributed by atoms with Crippen LogP contribution in [0.15, 0.2) is 100 Å². The van der Waals surface area contributed by atoms with Gasteiger partial charge in [0.2, 0.25) is 5.89 Å². The van der Waals surface area contributed by atoms with E-state index in [0.717, 1.165) is 10.6 Å². The van der Waals surface area contributed by atoms with Crippen molar-refractivity contribution >= 4 is 17.2 Å². The minimum atomic E-state index is -1.17. The van der Waals surface area contributed by atoms with E-state index in [1.54, 1.807) is 48.7 Å². The van der Waals surface area contributed by atoms with Crippen LogP contribution in [0, 0.1) is 0 Å². The van der Waals surface area contributed by atoms with Crippen molar-refractivity contribution in [2.24, 2.45) is 0 Å². The Hall–Kier alpha value is -4.35. The molecular weight excluding hydrogens is 466 g/mol. The number of thiophene rings is 1. The average Bonchev–Trinajstić information content (AvgIpc) is 3.71. The van der Waals surface area contributed by atoms with Crippen molar-refractivity contribution in [2.45, 2.75) is 17.1 Å². The van der Waals surface area contributed by atoms with E-state index in [9.17, 15) is 0 Å². The van der Waals surface area contributed by atoms with Gasteiger partial charge in [0.1, 0.15) is 29.1 Å². The highest BCUT2D eigenvalue weighted by molar-refractivity contribution is 7.10. The molecule has 0 bridgehead atoms. The number of furan rings is 1. The van der Waals surface area contributed by atoms with Crippen LogP contribution >= 0.6 is 11.3 Å². The normalized spacial score (nSPS) is 24.3. The maximum Gasteiger partial charge on any atom is 0.229 e. The number of aromatic nitrogens is 6. The number of hydrogen-bond acceptors (Lipinski definition) is 8. The van der Waals surface area contributed by atoms with Gasteiger partial charge in [0.15, 0.2) is 11.6 Å². The van der Waals surface area contributed by atoms with Gasteiger partial charge in [-0.1, -0.05) is 6.07 Å². The van der Waals surface area contributed by atoms with Crippen LogP contribution in [0.2, 0.25) is 0 Å². The van der Waals surface area contributed by atoms with E-state index in [0.29, 0.717) is 23.3 Å². The van der Waals surface area contributed by atoms with Crippen molar-refractivity contribution < 1.29 is 13.7 Å². The molecule has 0 saturated carbocycles. The molecule has 3 atom stereocenters. The van der Waals surface area contributed by atoms with Gasteiger partial charge >= 0.3 is 0 Å². The molecule has 0 aromatic carbocycles. The first kappa shape index (κ1) is 20.1. The first-order valence-electron chi connectivity index (χ1n) is 10.9. The largest absolute Gasteiger partial charge is 0.468 e. The number of rotatable bonds is 6. The number of hydroxylamine groups is 1. The Morgan fingerprint density at radius 1 is 0.914 bits per heavy atom. The molecule has 11 heteroatoms. The zero-order valence-electron chi connectivity index (χ0n) is 18.2. The summed E-state index contributed by atoms with van der Waals surface area (Å²) in [6.07, 6.45) is 11.2. The average molecular weight is 486 g/mol. The summed E-state index contributed by atoms with van der Waals surface area (Å²) in [5, 5.41) is 11.4. The fraction of sp³-hybridized carbons (Fsp3) is 0.125. The van der Waals surface area contributed by atoms with Crippen molar-refractivity contribution in [3.63, 3.8) is 0 Å². The number of H-pyrrole nitrogens is 3. The molecule has 0 aliphatic carbocycles. The molecule has 1 saturated heterocycles. The molecule has 10 nitrogen and oxygen atoms in total. The van der Waals surface area contributed by atoms with Gasteiger partial charge < -0.3 is 18.8 Å². The van der Waals surface area contributed by atoms with Crippen molar-refractivity contribution in [1.82, 2.24) is 30.1 Å². The van der Waals surface area contributed by atoms with E-state index in [-0.39, 0.29) is 0 Å². The Kier molecular flexibility index (Phi) is 4.35. The molecule has 0 spiro atoms. The molecule has 0 amide bonds. The first-order valence-corrected chi connectivity index (χ1v) is 11.8. The maximum atomic E-state index is 6.88. The molecule has 3 unspecified atom stereocenters. The van der Waals surface area contributed by atoms with Gasteiger partial charge in [0.05, 0.1) is 18.2 Å².